The Morgan fingerprint density at radius 1 is 1.18 bits per heavy atom. The van der Waals surface area contributed by atoms with Crippen LogP contribution in [0.1, 0.15) is 12.0 Å². The maximum Gasteiger partial charge on any atom is 0.249 e. The average molecular weight is 433 g/mol. The van der Waals surface area contributed by atoms with Crippen LogP contribution in [0, 0.1) is 6.92 Å². The van der Waals surface area contributed by atoms with Crippen LogP contribution in [0.2, 0.25) is 0 Å². The Morgan fingerprint density at radius 3 is 2.68 bits per heavy atom. The summed E-state index contributed by atoms with van der Waals surface area (Å²) in [6, 6.07) is 14.3. The number of carbonyl (C=O) groups is 1. The second-order valence-corrected chi connectivity index (χ2v) is 9.44. The zero-order valence-corrected chi connectivity index (χ0v) is 18.8. The molecule has 1 aromatic heterocycles. The van der Waals surface area contributed by atoms with E-state index in [9.17, 15) is 4.79 Å². The SMILES string of the molecule is COc1ccc(SCCC(=O)N=c2sc3cc(C)ccc3n2CCSC)cc1. The van der Waals surface area contributed by atoms with Crippen molar-refractivity contribution in [2.75, 3.05) is 24.9 Å². The third-order valence-electron chi connectivity index (χ3n) is 4.22. The molecule has 0 aliphatic rings. The number of ether oxygens (including phenoxy) is 1. The number of aryl methyl sites for hydroxylation is 2. The summed E-state index contributed by atoms with van der Waals surface area (Å²) in [5.41, 5.74) is 2.38. The molecule has 4 nitrogen and oxygen atoms in total. The van der Waals surface area contributed by atoms with Crippen molar-refractivity contribution in [2.45, 2.75) is 24.8 Å². The van der Waals surface area contributed by atoms with Gasteiger partial charge >= 0.3 is 0 Å². The van der Waals surface area contributed by atoms with Crippen LogP contribution in [0.4, 0.5) is 0 Å². The van der Waals surface area contributed by atoms with E-state index in [0.29, 0.717) is 12.2 Å². The summed E-state index contributed by atoms with van der Waals surface area (Å²) >= 11 is 5.05. The fourth-order valence-corrected chi connectivity index (χ4v) is 5.13. The Labute approximate surface area is 178 Å². The van der Waals surface area contributed by atoms with E-state index >= 15 is 0 Å². The van der Waals surface area contributed by atoms with Gasteiger partial charge in [0.15, 0.2) is 4.80 Å². The van der Waals surface area contributed by atoms with Gasteiger partial charge in [0.05, 0.1) is 17.3 Å². The van der Waals surface area contributed by atoms with Gasteiger partial charge in [-0.2, -0.15) is 16.8 Å². The number of carbonyl (C=O) groups excluding carboxylic acids is 1. The van der Waals surface area contributed by atoms with Crippen LogP contribution in [0.25, 0.3) is 10.2 Å². The van der Waals surface area contributed by atoms with Gasteiger partial charge < -0.3 is 9.30 Å². The molecule has 1 amide bonds. The molecule has 0 N–H and O–H groups in total. The number of rotatable bonds is 8. The number of amides is 1. The molecule has 0 aliphatic carbocycles. The Hall–Kier alpha value is -1.70. The van der Waals surface area contributed by atoms with Crippen LogP contribution >= 0.6 is 34.9 Å². The lowest BCUT2D eigenvalue weighted by Crippen LogP contribution is -2.18. The van der Waals surface area contributed by atoms with Crippen LogP contribution in [0.5, 0.6) is 5.75 Å². The zero-order chi connectivity index (χ0) is 19.9. The van der Waals surface area contributed by atoms with Crippen LogP contribution in [-0.2, 0) is 11.3 Å². The van der Waals surface area contributed by atoms with Gasteiger partial charge in [0, 0.05) is 29.4 Å². The number of hydrogen-bond acceptors (Lipinski definition) is 5. The summed E-state index contributed by atoms with van der Waals surface area (Å²) < 4.78 is 8.52. The lowest BCUT2D eigenvalue weighted by atomic mass is 10.2. The maximum absolute atomic E-state index is 12.5. The highest BCUT2D eigenvalue weighted by atomic mass is 32.2. The third-order valence-corrected chi connectivity index (χ3v) is 6.87. The largest absolute Gasteiger partial charge is 0.497 e. The van der Waals surface area contributed by atoms with Gasteiger partial charge in [-0.15, -0.1) is 11.8 Å². The molecule has 1 heterocycles. The summed E-state index contributed by atoms with van der Waals surface area (Å²) in [6.07, 6.45) is 2.52. The number of hydrogen-bond donors (Lipinski definition) is 0. The van der Waals surface area contributed by atoms with Gasteiger partial charge in [0.2, 0.25) is 5.91 Å². The summed E-state index contributed by atoms with van der Waals surface area (Å²) in [5, 5.41) is 0. The van der Waals surface area contributed by atoms with Gasteiger partial charge in [-0.1, -0.05) is 17.4 Å². The molecule has 0 aliphatic heterocycles. The van der Waals surface area contributed by atoms with E-state index in [1.54, 1.807) is 42.0 Å². The van der Waals surface area contributed by atoms with Crippen LogP contribution in [-0.4, -0.2) is 35.3 Å². The monoisotopic (exact) mass is 432 g/mol. The minimum Gasteiger partial charge on any atom is -0.497 e. The van der Waals surface area contributed by atoms with Gasteiger partial charge in [-0.3, -0.25) is 4.79 Å². The number of nitrogens with zero attached hydrogens (tertiary/aromatic N) is 2. The molecule has 148 valence electrons. The van der Waals surface area contributed by atoms with Crippen LogP contribution < -0.4 is 9.54 Å². The van der Waals surface area contributed by atoms with Crippen molar-refractivity contribution in [1.82, 2.24) is 4.57 Å². The van der Waals surface area contributed by atoms with Crippen molar-refractivity contribution in [2.24, 2.45) is 4.99 Å². The maximum atomic E-state index is 12.5. The first kappa shape index (κ1) is 21.0. The molecule has 0 fully saturated rings. The molecule has 0 atom stereocenters. The third kappa shape index (κ3) is 5.43. The molecule has 0 bridgehead atoms. The molecule has 28 heavy (non-hydrogen) atoms. The summed E-state index contributed by atoms with van der Waals surface area (Å²) in [5.74, 6) is 2.48. The smallest absolute Gasteiger partial charge is 0.249 e. The van der Waals surface area contributed by atoms with Gasteiger partial charge in [-0.25, -0.2) is 0 Å². The molecule has 3 rings (SSSR count). The Balaban J connectivity index is 1.71. The van der Waals surface area contributed by atoms with E-state index in [-0.39, 0.29) is 5.91 Å². The number of benzene rings is 2. The van der Waals surface area contributed by atoms with E-state index in [2.05, 4.69) is 40.9 Å². The van der Waals surface area contributed by atoms with E-state index < -0.39 is 0 Å². The first-order chi connectivity index (χ1) is 13.6. The summed E-state index contributed by atoms with van der Waals surface area (Å²) in [4.78, 5) is 18.8. The fourth-order valence-electron chi connectivity index (χ4n) is 2.76. The number of thiazole rings is 1. The zero-order valence-electron chi connectivity index (χ0n) is 16.3. The normalized spacial score (nSPS) is 11.9. The van der Waals surface area contributed by atoms with Crippen molar-refractivity contribution in [1.29, 1.82) is 0 Å². The molecule has 0 radical (unpaired) electrons. The van der Waals surface area contributed by atoms with Crippen molar-refractivity contribution in [3.05, 3.63) is 52.8 Å². The molecule has 2 aromatic carbocycles. The van der Waals surface area contributed by atoms with E-state index in [1.807, 2.05) is 24.3 Å². The average Bonchev–Trinajstić information content (AvgIpc) is 3.02. The molecule has 7 heteroatoms. The minimum atomic E-state index is -0.0674. The Morgan fingerprint density at radius 2 is 1.96 bits per heavy atom. The molecule has 0 saturated carbocycles. The second kappa shape index (κ2) is 10.2. The number of aromatic nitrogens is 1. The number of methoxy groups -OCH3 is 1. The second-order valence-electron chi connectivity index (χ2n) is 6.28. The highest BCUT2D eigenvalue weighted by Crippen LogP contribution is 2.22. The van der Waals surface area contributed by atoms with Gasteiger partial charge in [0.1, 0.15) is 5.75 Å². The predicted octanol–water partition coefficient (Wildman–Crippen LogP) is 4.99. The fraction of sp³-hybridized carbons (Fsp3) is 0.333. The van der Waals surface area contributed by atoms with Crippen LogP contribution in [0.3, 0.4) is 0 Å². The van der Waals surface area contributed by atoms with Crippen molar-refractivity contribution < 1.29 is 9.53 Å². The standard InChI is InChI=1S/C21H24N2O2S3/c1-15-4-9-18-19(14-15)28-21(23(18)11-13-26-3)22-20(24)10-12-27-17-7-5-16(25-2)6-8-17/h4-9,14H,10-13H2,1-3H3. The highest BCUT2D eigenvalue weighted by Gasteiger charge is 2.08. The minimum absolute atomic E-state index is 0.0674. The molecule has 0 saturated heterocycles. The molecular formula is C21H24N2O2S3. The quantitative estimate of drug-likeness (QED) is 0.470. The van der Waals surface area contributed by atoms with E-state index in [0.717, 1.165) is 33.3 Å². The van der Waals surface area contributed by atoms with Gasteiger partial charge in [0.25, 0.3) is 0 Å². The number of thioether (sulfide) groups is 2. The summed E-state index contributed by atoms with van der Waals surface area (Å²) in [6.45, 7) is 2.95. The molecule has 3 aromatic rings. The van der Waals surface area contributed by atoms with Crippen molar-refractivity contribution in [3.8, 4) is 5.75 Å². The molecule has 0 spiro atoms. The van der Waals surface area contributed by atoms with Crippen molar-refractivity contribution >= 4 is 51.0 Å². The first-order valence-electron chi connectivity index (χ1n) is 9.04. The summed E-state index contributed by atoms with van der Waals surface area (Å²) in [7, 11) is 1.66. The lowest BCUT2D eigenvalue weighted by molar-refractivity contribution is -0.117. The predicted molar refractivity (Wildman–Crippen MR) is 122 cm³/mol. The van der Waals surface area contributed by atoms with Crippen molar-refractivity contribution in [3.63, 3.8) is 0 Å². The Bertz CT molecular complexity index is 1010. The van der Waals surface area contributed by atoms with Crippen LogP contribution in [0.15, 0.2) is 52.4 Å². The molecule has 0 unspecified atom stereocenters. The van der Waals surface area contributed by atoms with E-state index in [1.165, 1.54) is 10.3 Å². The molecular weight excluding hydrogens is 408 g/mol. The topological polar surface area (TPSA) is 43.6 Å². The number of fused-ring (bicyclic) bond motifs is 1. The lowest BCUT2D eigenvalue weighted by Gasteiger charge is -2.04. The highest BCUT2D eigenvalue weighted by molar-refractivity contribution is 7.99. The van der Waals surface area contributed by atoms with E-state index in [4.69, 9.17) is 4.74 Å². The van der Waals surface area contributed by atoms with Gasteiger partial charge in [-0.05, 0) is 55.1 Å². The first-order valence-corrected chi connectivity index (χ1v) is 12.2. The Kier molecular flexibility index (Phi) is 7.65.